The third-order valence-electron chi connectivity index (χ3n) is 4.50. The van der Waals surface area contributed by atoms with E-state index in [1.165, 1.54) is 60.1 Å². The number of nitrogens with zero attached hydrogens (tertiary/aromatic N) is 3. The van der Waals surface area contributed by atoms with E-state index >= 15 is 0 Å². The average molecular weight is 300 g/mol. The van der Waals surface area contributed by atoms with Crippen LogP contribution in [0, 0.1) is 0 Å². The first kappa shape index (κ1) is 13.2. The normalized spacial score (nSPS) is 18.6. The molecular weight excluding hydrogens is 280 g/mol. The lowest BCUT2D eigenvalue weighted by Crippen LogP contribution is -2.02. The van der Waals surface area contributed by atoms with Gasteiger partial charge in [-0.05, 0) is 50.5 Å². The summed E-state index contributed by atoms with van der Waals surface area (Å²) in [5.74, 6) is 0.899. The molecule has 110 valence electrons. The lowest BCUT2D eigenvalue weighted by molar-refractivity contribution is 0.702. The van der Waals surface area contributed by atoms with E-state index in [0.29, 0.717) is 0 Å². The Balaban J connectivity index is 1.65. The maximum Gasteiger partial charge on any atom is 0.158 e. The van der Waals surface area contributed by atoms with E-state index in [0.717, 1.165) is 29.9 Å². The second-order valence-corrected chi connectivity index (χ2v) is 7.05. The van der Waals surface area contributed by atoms with Gasteiger partial charge in [0.25, 0.3) is 0 Å². The molecule has 0 amide bonds. The Labute approximate surface area is 128 Å². The van der Waals surface area contributed by atoms with E-state index in [2.05, 4.69) is 20.5 Å². The topological polar surface area (TPSA) is 50.2 Å². The van der Waals surface area contributed by atoms with Crippen molar-refractivity contribution >= 4 is 33.1 Å². The molecule has 1 fully saturated rings. The molecule has 21 heavy (non-hydrogen) atoms. The van der Waals surface area contributed by atoms with Crippen molar-refractivity contribution in [3.63, 3.8) is 0 Å². The number of thiophene rings is 1. The molecule has 0 radical (unpaired) electrons. The van der Waals surface area contributed by atoms with Gasteiger partial charge in [0.15, 0.2) is 5.82 Å². The highest BCUT2D eigenvalue weighted by atomic mass is 32.1. The van der Waals surface area contributed by atoms with Crippen LogP contribution in [0.25, 0.3) is 10.2 Å². The van der Waals surface area contributed by atoms with Crippen molar-refractivity contribution < 1.29 is 0 Å². The maximum atomic E-state index is 4.65. The van der Waals surface area contributed by atoms with Crippen LogP contribution in [0.5, 0.6) is 0 Å². The number of anilines is 1. The molecule has 1 N–H and O–H groups in total. The van der Waals surface area contributed by atoms with Crippen molar-refractivity contribution in [2.24, 2.45) is 5.10 Å². The Morgan fingerprint density at radius 3 is 2.67 bits per heavy atom. The SMILES string of the molecule is c1nc(NN=C2CCCCCC2)c2c3c(sc2n1)CCC3. The standard InChI is InChI=1S/C16H20N4S/c1-2-4-7-11(6-3-1)19-20-15-14-12-8-5-9-13(12)21-16(14)18-10-17-15/h10H,1-9H2,(H,17,18,20). The van der Waals surface area contributed by atoms with Gasteiger partial charge >= 0.3 is 0 Å². The summed E-state index contributed by atoms with van der Waals surface area (Å²) < 4.78 is 0. The summed E-state index contributed by atoms with van der Waals surface area (Å²) in [7, 11) is 0. The molecule has 2 aliphatic carbocycles. The molecule has 1 saturated carbocycles. The first-order valence-electron chi connectivity index (χ1n) is 7.98. The summed E-state index contributed by atoms with van der Waals surface area (Å²) >= 11 is 1.83. The van der Waals surface area contributed by atoms with Crippen LogP contribution in [-0.2, 0) is 12.8 Å². The fourth-order valence-electron chi connectivity index (χ4n) is 3.39. The molecule has 2 aliphatic rings. The lowest BCUT2D eigenvalue weighted by atomic mass is 10.2. The summed E-state index contributed by atoms with van der Waals surface area (Å²) in [6, 6.07) is 0. The Kier molecular flexibility index (Phi) is 3.59. The number of nitrogens with one attached hydrogen (secondary N) is 1. The fourth-order valence-corrected chi connectivity index (χ4v) is 4.62. The maximum absolute atomic E-state index is 4.65. The molecule has 0 bridgehead atoms. The Morgan fingerprint density at radius 2 is 1.81 bits per heavy atom. The van der Waals surface area contributed by atoms with E-state index in [1.54, 1.807) is 6.33 Å². The van der Waals surface area contributed by atoms with Gasteiger partial charge in [0.05, 0.1) is 5.39 Å². The molecule has 4 rings (SSSR count). The van der Waals surface area contributed by atoms with Crippen LogP contribution in [0.15, 0.2) is 11.4 Å². The zero-order valence-corrected chi connectivity index (χ0v) is 13.0. The predicted octanol–water partition coefficient (Wildman–Crippen LogP) is 4.30. The van der Waals surface area contributed by atoms with E-state index in [9.17, 15) is 0 Å². The molecule has 0 aromatic carbocycles. The summed E-state index contributed by atoms with van der Waals surface area (Å²) in [5.41, 5.74) is 6.00. The monoisotopic (exact) mass is 300 g/mol. The molecule has 0 aliphatic heterocycles. The molecule has 0 saturated heterocycles. The van der Waals surface area contributed by atoms with Crippen LogP contribution in [0.1, 0.15) is 55.4 Å². The number of aromatic nitrogens is 2. The van der Waals surface area contributed by atoms with Gasteiger partial charge in [-0.3, -0.25) is 5.43 Å². The van der Waals surface area contributed by atoms with Gasteiger partial charge in [-0.2, -0.15) is 5.10 Å². The van der Waals surface area contributed by atoms with Gasteiger partial charge in [-0.1, -0.05) is 12.8 Å². The molecule has 2 aromatic heterocycles. The largest absolute Gasteiger partial charge is 0.261 e. The van der Waals surface area contributed by atoms with E-state index in [4.69, 9.17) is 0 Å². The summed E-state index contributed by atoms with van der Waals surface area (Å²) in [4.78, 5) is 11.5. The number of fused-ring (bicyclic) bond motifs is 3. The van der Waals surface area contributed by atoms with Crippen LogP contribution in [0.4, 0.5) is 5.82 Å². The quantitative estimate of drug-likeness (QED) is 0.664. The minimum absolute atomic E-state index is 0.899. The minimum atomic E-state index is 0.899. The molecule has 4 nitrogen and oxygen atoms in total. The van der Waals surface area contributed by atoms with Gasteiger partial charge in [0.1, 0.15) is 11.2 Å². The number of hydrazone groups is 1. The lowest BCUT2D eigenvalue weighted by Gasteiger charge is -2.05. The van der Waals surface area contributed by atoms with Gasteiger partial charge in [0.2, 0.25) is 0 Å². The number of hydrogen-bond acceptors (Lipinski definition) is 5. The third-order valence-corrected chi connectivity index (χ3v) is 5.70. The van der Waals surface area contributed by atoms with E-state index in [1.807, 2.05) is 11.3 Å². The van der Waals surface area contributed by atoms with Crippen LogP contribution >= 0.6 is 11.3 Å². The number of aryl methyl sites for hydroxylation is 2. The predicted molar refractivity (Wildman–Crippen MR) is 88.2 cm³/mol. The first-order chi connectivity index (χ1) is 10.4. The van der Waals surface area contributed by atoms with E-state index < -0.39 is 0 Å². The van der Waals surface area contributed by atoms with Crippen molar-refractivity contribution in [3.05, 3.63) is 16.8 Å². The van der Waals surface area contributed by atoms with Crippen LogP contribution in [0.2, 0.25) is 0 Å². The van der Waals surface area contributed by atoms with Crippen molar-refractivity contribution in [3.8, 4) is 0 Å². The third kappa shape index (κ3) is 2.55. The van der Waals surface area contributed by atoms with Crippen molar-refractivity contribution in [2.75, 3.05) is 5.43 Å². The highest BCUT2D eigenvalue weighted by Crippen LogP contribution is 2.39. The fraction of sp³-hybridized carbons (Fsp3) is 0.562. The number of hydrogen-bond donors (Lipinski definition) is 1. The van der Waals surface area contributed by atoms with Crippen LogP contribution < -0.4 is 5.43 Å². The second kappa shape index (κ2) is 5.72. The molecule has 2 heterocycles. The Bertz CT molecular complexity index is 679. The summed E-state index contributed by atoms with van der Waals surface area (Å²) in [6.07, 6.45) is 12.8. The van der Waals surface area contributed by atoms with Crippen LogP contribution in [0.3, 0.4) is 0 Å². The number of rotatable bonds is 2. The summed E-state index contributed by atoms with van der Waals surface area (Å²) in [6.45, 7) is 0. The molecule has 0 spiro atoms. The average Bonchev–Trinajstić information content (AvgIpc) is 2.97. The minimum Gasteiger partial charge on any atom is -0.261 e. The van der Waals surface area contributed by atoms with Crippen molar-refractivity contribution in [1.29, 1.82) is 0 Å². The second-order valence-electron chi connectivity index (χ2n) is 5.96. The van der Waals surface area contributed by atoms with E-state index in [-0.39, 0.29) is 0 Å². The van der Waals surface area contributed by atoms with Crippen molar-refractivity contribution in [2.45, 2.75) is 57.8 Å². The summed E-state index contributed by atoms with van der Waals surface area (Å²) in [5, 5.41) is 5.87. The molecular formula is C16H20N4S. The molecule has 0 unspecified atom stereocenters. The molecule has 5 heteroatoms. The highest BCUT2D eigenvalue weighted by Gasteiger charge is 2.21. The zero-order chi connectivity index (χ0) is 14.1. The Hall–Kier alpha value is -1.49. The van der Waals surface area contributed by atoms with Crippen LogP contribution in [-0.4, -0.2) is 15.7 Å². The van der Waals surface area contributed by atoms with Gasteiger partial charge < -0.3 is 0 Å². The van der Waals surface area contributed by atoms with Gasteiger partial charge in [-0.25, -0.2) is 9.97 Å². The van der Waals surface area contributed by atoms with Gasteiger partial charge in [0, 0.05) is 10.6 Å². The highest BCUT2D eigenvalue weighted by molar-refractivity contribution is 7.19. The smallest absolute Gasteiger partial charge is 0.158 e. The molecule has 0 atom stereocenters. The Morgan fingerprint density at radius 1 is 0.952 bits per heavy atom. The molecule has 2 aromatic rings. The zero-order valence-electron chi connectivity index (χ0n) is 12.2. The van der Waals surface area contributed by atoms with Gasteiger partial charge in [-0.15, -0.1) is 11.3 Å². The first-order valence-corrected chi connectivity index (χ1v) is 8.80. The van der Waals surface area contributed by atoms with Crippen molar-refractivity contribution in [1.82, 2.24) is 9.97 Å².